The molecule has 0 aromatic heterocycles. The zero-order valence-electron chi connectivity index (χ0n) is 13.8. The van der Waals surface area contributed by atoms with Crippen LogP contribution in [-0.2, 0) is 11.3 Å². The van der Waals surface area contributed by atoms with E-state index in [-0.39, 0.29) is 5.41 Å². The van der Waals surface area contributed by atoms with E-state index < -0.39 is 0 Å². The molecule has 0 radical (unpaired) electrons. The Morgan fingerprint density at radius 2 is 2.09 bits per heavy atom. The van der Waals surface area contributed by atoms with Crippen LogP contribution in [0.15, 0.2) is 35.3 Å². The van der Waals surface area contributed by atoms with Gasteiger partial charge in [-0.2, -0.15) is 0 Å². The molecule has 3 atom stereocenters. The number of aliphatic imine (C=N–C) groups is 1. The Labute approximate surface area is 133 Å². The van der Waals surface area contributed by atoms with Crippen molar-refractivity contribution in [2.24, 2.45) is 16.3 Å². The van der Waals surface area contributed by atoms with Crippen molar-refractivity contribution in [1.29, 1.82) is 0 Å². The first kappa shape index (κ1) is 15.3. The van der Waals surface area contributed by atoms with E-state index in [1.165, 1.54) is 5.56 Å². The summed E-state index contributed by atoms with van der Waals surface area (Å²) in [6.45, 7) is 9.16. The molecule has 3 unspecified atom stereocenters. The normalized spacial score (nSPS) is 29.6. The van der Waals surface area contributed by atoms with Crippen LogP contribution in [-0.4, -0.2) is 31.3 Å². The predicted octanol–water partition coefficient (Wildman–Crippen LogP) is 2.56. The van der Waals surface area contributed by atoms with E-state index in [1.54, 1.807) is 0 Å². The van der Waals surface area contributed by atoms with Crippen molar-refractivity contribution in [1.82, 2.24) is 10.6 Å². The third-order valence-electron chi connectivity index (χ3n) is 5.00. The number of hydrogen-bond acceptors (Lipinski definition) is 2. The van der Waals surface area contributed by atoms with Crippen LogP contribution in [0.5, 0.6) is 0 Å². The van der Waals surface area contributed by atoms with Crippen LogP contribution < -0.4 is 10.6 Å². The molecule has 22 heavy (non-hydrogen) atoms. The molecule has 1 aromatic rings. The van der Waals surface area contributed by atoms with Gasteiger partial charge in [0.25, 0.3) is 0 Å². The molecule has 1 heterocycles. The third kappa shape index (κ3) is 2.84. The fourth-order valence-electron chi connectivity index (χ4n) is 3.84. The van der Waals surface area contributed by atoms with Crippen LogP contribution in [0.4, 0.5) is 0 Å². The van der Waals surface area contributed by atoms with Crippen molar-refractivity contribution in [3.05, 3.63) is 35.9 Å². The summed E-state index contributed by atoms with van der Waals surface area (Å²) in [5.74, 6) is 1.53. The lowest BCUT2D eigenvalue weighted by Crippen LogP contribution is -2.67. The zero-order chi connectivity index (χ0) is 15.6. The monoisotopic (exact) mass is 301 g/mol. The van der Waals surface area contributed by atoms with Gasteiger partial charge in [0.2, 0.25) is 0 Å². The van der Waals surface area contributed by atoms with Crippen LogP contribution in [0.3, 0.4) is 0 Å². The van der Waals surface area contributed by atoms with Gasteiger partial charge in [-0.05, 0) is 18.9 Å². The van der Waals surface area contributed by atoms with Gasteiger partial charge in [-0.1, -0.05) is 44.2 Å². The van der Waals surface area contributed by atoms with Gasteiger partial charge in [-0.3, -0.25) is 0 Å². The zero-order valence-corrected chi connectivity index (χ0v) is 13.8. The minimum absolute atomic E-state index is 0.171. The maximum Gasteiger partial charge on any atom is 0.191 e. The van der Waals surface area contributed by atoms with Crippen LogP contribution >= 0.6 is 0 Å². The highest BCUT2D eigenvalue weighted by molar-refractivity contribution is 5.80. The Morgan fingerprint density at radius 3 is 2.82 bits per heavy atom. The first-order valence-corrected chi connectivity index (χ1v) is 8.33. The molecule has 1 saturated carbocycles. The first-order chi connectivity index (χ1) is 10.6. The topological polar surface area (TPSA) is 45.7 Å². The van der Waals surface area contributed by atoms with E-state index in [4.69, 9.17) is 9.73 Å². The summed E-state index contributed by atoms with van der Waals surface area (Å²) in [5, 5.41) is 7.01. The second-order valence-electron chi connectivity index (χ2n) is 6.87. The largest absolute Gasteiger partial charge is 0.377 e. The van der Waals surface area contributed by atoms with Crippen LogP contribution in [0.1, 0.15) is 32.8 Å². The van der Waals surface area contributed by atoms with Crippen molar-refractivity contribution in [3.63, 3.8) is 0 Å². The highest BCUT2D eigenvalue weighted by Gasteiger charge is 2.59. The lowest BCUT2D eigenvalue weighted by Gasteiger charge is -2.54. The summed E-state index contributed by atoms with van der Waals surface area (Å²) in [5.41, 5.74) is 1.40. The van der Waals surface area contributed by atoms with Gasteiger partial charge in [0, 0.05) is 30.5 Å². The van der Waals surface area contributed by atoms with Crippen molar-refractivity contribution in [2.45, 2.75) is 45.9 Å². The maximum absolute atomic E-state index is 5.87. The molecule has 1 aliphatic carbocycles. The minimum atomic E-state index is 0.171. The van der Waals surface area contributed by atoms with Crippen LogP contribution in [0.2, 0.25) is 0 Å². The van der Waals surface area contributed by atoms with Gasteiger partial charge in [0.05, 0.1) is 12.6 Å². The number of hydrogen-bond donors (Lipinski definition) is 2. The van der Waals surface area contributed by atoms with Gasteiger partial charge < -0.3 is 15.4 Å². The SMILES string of the molecule is CCNC(=NCc1ccccc1)NC1C2CCOC2C1(C)C. The van der Waals surface area contributed by atoms with Gasteiger partial charge in [-0.15, -0.1) is 0 Å². The van der Waals surface area contributed by atoms with E-state index in [2.05, 4.69) is 55.7 Å². The highest BCUT2D eigenvalue weighted by atomic mass is 16.5. The van der Waals surface area contributed by atoms with Gasteiger partial charge >= 0.3 is 0 Å². The fourth-order valence-corrected chi connectivity index (χ4v) is 3.84. The highest BCUT2D eigenvalue weighted by Crippen LogP contribution is 2.52. The minimum Gasteiger partial charge on any atom is -0.377 e. The number of benzene rings is 1. The van der Waals surface area contributed by atoms with E-state index in [0.29, 0.717) is 24.6 Å². The summed E-state index contributed by atoms with van der Waals surface area (Å²) in [4.78, 5) is 4.74. The lowest BCUT2D eigenvalue weighted by molar-refractivity contribution is -0.106. The molecule has 1 aliphatic heterocycles. The molecule has 4 heteroatoms. The summed E-state index contributed by atoms with van der Waals surface area (Å²) >= 11 is 0. The second-order valence-corrected chi connectivity index (χ2v) is 6.87. The average molecular weight is 301 g/mol. The second kappa shape index (κ2) is 6.29. The van der Waals surface area contributed by atoms with Crippen molar-refractivity contribution >= 4 is 5.96 Å². The summed E-state index contributed by atoms with van der Waals surface area (Å²) in [7, 11) is 0. The summed E-state index contributed by atoms with van der Waals surface area (Å²) < 4.78 is 5.87. The number of fused-ring (bicyclic) bond motifs is 1. The number of nitrogens with zero attached hydrogens (tertiary/aromatic N) is 1. The Hall–Kier alpha value is -1.55. The smallest absolute Gasteiger partial charge is 0.191 e. The Morgan fingerprint density at radius 1 is 1.32 bits per heavy atom. The summed E-state index contributed by atoms with van der Waals surface area (Å²) in [6, 6.07) is 10.8. The maximum atomic E-state index is 5.87. The molecule has 2 fully saturated rings. The molecule has 3 rings (SSSR count). The Balaban J connectivity index is 1.66. The molecule has 120 valence electrons. The predicted molar refractivity (Wildman–Crippen MR) is 89.8 cm³/mol. The molecule has 1 aromatic carbocycles. The van der Waals surface area contributed by atoms with E-state index in [0.717, 1.165) is 25.5 Å². The molecule has 2 N–H and O–H groups in total. The van der Waals surface area contributed by atoms with Gasteiger partial charge in [0.1, 0.15) is 0 Å². The summed E-state index contributed by atoms with van der Waals surface area (Å²) in [6.07, 6.45) is 1.56. The quantitative estimate of drug-likeness (QED) is 0.663. The number of ether oxygens (including phenoxy) is 1. The molecule has 1 saturated heterocycles. The van der Waals surface area contributed by atoms with Gasteiger partial charge in [-0.25, -0.2) is 4.99 Å². The first-order valence-electron chi connectivity index (χ1n) is 8.33. The lowest BCUT2D eigenvalue weighted by atomic mass is 9.57. The third-order valence-corrected chi connectivity index (χ3v) is 5.00. The number of rotatable bonds is 4. The van der Waals surface area contributed by atoms with Crippen molar-refractivity contribution < 1.29 is 4.74 Å². The Kier molecular flexibility index (Phi) is 4.39. The molecule has 0 bridgehead atoms. The van der Waals surface area contributed by atoms with Crippen LogP contribution in [0.25, 0.3) is 0 Å². The fraction of sp³-hybridized carbons (Fsp3) is 0.611. The molecular formula is C18H27N3O. The van der Waals surface area contributed by atoms with Crippen molar-refractivity contribution in [3.8, 4) is 0 Å². The molecule has 0 spiro atoms. The van der Waals surface area contributed by atoms with Gasteiger partial charge in [0.15, 0.2) is 5.96 Å². The molecular weight excluding hydrogens is 274 g/mol. The van der Waals surface area contributed by atoms with E-state index in [1.807, 2.05) is 6.07 Å². The molecule has 0 amide bonds. The molecule has 4 nitrogen and oxygen atoms in total. The molecule has 2 aliphatic rings. The van der Waals surface area contributed by atoms with Crippen molar-refractivity contribution in [2.75, 3.05) is 13.2 Å². The number of nitrogens with one attached hydrogen (secondary N) is 2. The Bertz CT molecular complexity index is 526. The van der Waals surface area contributed by atoms with E-state index >= 15 is 0 Å². The van der Waals surface area contributed by atoms with Crippen LogP contribution in [0, 0.1) is 11.3 Å². The number of guanidine groups is 1. The van der Waals surface area contributed by atoms with E-state index in [9.17, 15) is 0 Å². The standard InChI is InChI=1S/C18H27N3O/c1-4-19-17(20-12-13-8-6-5-7-9-13)21-15-14-10-11-22-16(14)18(15,2)3/h5-9,14-16H,4,10-12H2,1-3H3,(H2,19,20,21). The average Bonchev–Trinajstić information content (AvgIpc) is 2.98.